The molecule has 4 rings (SSSR count). The fourth-order valence-corrected chi connectivity index (χ4v) is 3.80. The molecule has 176 valence electrons. The number of benzene rings is 2. The predicted octanol–water partition coefficient (Wildman–Crippen LogP) is 2.55. The van der Waals surface area contributed by atoms with E-state index < -0.39 is 23.8 Å². The Balaban J connectivity index is 1.93. The van der Waals surface area contributed by atoms with E-state index in [4.69, 9.17) is 0 Å². The van der Waals surface area contributed by atoms with Crippen molar-refractivity contribution in [3.05, 3.63) is 80.2 Å². The molecular weight excluding hydrogens is 441 g/mol. The summed E-state index contributed by atoms with van der Waals surface area (Å²) in [5, 5.41) is 7.31. The first-order valence-electron chi connectivity index (χ1n) is 10.9. The maximum absolute atomic E-state index is 13.3. The van der Waals surface area contributed by atoms with Crippen molar-refractivity contribution in [1.82, 2.24) is 24.1 Å². The third-order valence-electron chi connectivity index (χ3n) is 5.38. The number of hydrogen-bond acceptors (Lipinski definition) is 5. The van der Waals surface area contributed by atoms with Crippen LogP contribution in [0.2, 0.25) is 0 Å². The molecule has 0 atom stereocenters. The molecule has 10 heteroatoms. The first kappa shape index (κ1) is 23.1. The molecule has 1 amide bonds. The standard InChI is InChI=1S/C24H24FN5O4/c1-13(2)26-21(32)16-7-10-18-19(11-16)30-23(29(14(3)4)22(18)33)27-28(24(30)34)12-20(31)15-5-8-17(25)9-6-15/h5-11,13-14H,12H2,1-4H3,(H,26,32). The van der Waals surface area contributed by atoms with Crippen LogP contribution in [0.25, 0.3) is 16.7 Å². The van der Waals surface area contributed by atoms with Gasteiger partial charge in [-0.2, -0.15) is 0 Å². The Bertz CT molecular complexity index is 1540. The highest BCUT2D eigenvalue weighted by Crippen LogP contribution is 2.17. The zero-order valence-corrected chi connectivity index (χ0v) is 19.2. The number of nitrogens with zero attached hydrogens (tertiary/aromatic N) is 4. The normalized spacial score (nSPS) is 11.6. The largest absolute Gasteiger partial charge is 0.352 e. The average Bonchev–Trinajstić information content (AvgIpc) is 3.08. The van der Waals surface area contributed by atoms with Crippen LogP contribution in [0.3, 0.4) is 0 Å². The van der Waals surface area contributed by atoms with Crippen LogP contribution in [0, 0.1) is 5.82 Å². The fourth-order valence-electron chi connectivity index (χ4n) is 3.80. The Kier molecular flexibility index (Phi) is 5.90. The SMILES string of the molecule is CC(C)NC(=O)c1ccc2c(=O)n(C(C)C)c3nn(CC(=O)c4ccc(F)cc4)c(=O)n3c2c1. The van der Waals surface area contributed by atoms with Gasteiger partial charge in [0.15, 0.2) is 5.78 Å². The summed E-state index contributed by atoms with van der Waals surface area (Å²) < 4.78 is 16.8. The minimum Gasteiger partial charge on any atom is -0.350 e. The van der Waals surface area contributed by atoms with E-state index in [1.165, 1.54) is 39.3 Å². The number of rotatable bonds is 6. The summed E-state index contributed by atoms with van der Waals surface area (Å²) in [6, 6.07) is 9.08. The van der Waals surface area contributed by atoms with E-state index >= 15 is 0 Å². The minimum atomic E-state index is -0.633. The van der Waals surface area contributed by atoms with Gasteiger partial charge in [-0.05, 0) is 70.2 Å². The molecule has 2 aromatic heterocycles. The van der Waals surface area contributed by atoms with Crippen LogP contribution in [0.15, 0.2) is 52.1 Å². The summed E-state index contributed by atoms with van der Waals surface area (Å²) in [6.45, 7) is 6.82. The smallest absolute Gasteiger partial charge is 0.350 e. The quantitative estimate of drug-likeness (QED) is 0.441. The van der Waals surface area contributed by atoms with Gasteiger partial charge in [-0.3, -0.25) is 19.0 Å². The summed E-state index contributed by atoms with van der Waals surface area (Å²) in [7, 11) is 0. The minimum absolute atomic E-state index is 0.0609. The molecule has 1 N–H and O–H groups in total. The Labute approximate surface area is 193 Å². The third-order valence-corrected chi connectivity index (χ3v) is 5.38. The van der Waals surface area contributed by atoms with Crippen LogP contribution < -0.4 is 16.6 Å². The summed E-state index contributed by atoms with van der Waals surface area (Å²) >= 11 is 0. The average molecular weight is 465 g/mol. The first-order valence-corrected chi connectivity index (χ1v) is 10.9. The van der Waals surface area contributed by atoms with Gasteiger partial charge in [-0.15, -0.1) is 5.10 Å². The van der Waals surface area contributed by atoms with Gasteiger partial charge in [0.1, 0.15) is 12.4 Å². The van der Waals surface area contributed by atoms with Crippen molar-refractivity contribution in [3.8, 4) is 0 Å². The van der Waals surface area contributed by atoms with Gasteiger partial charge in [0.05, 0.1) is 10.9 Å². The molecule has 2 heterocycles. The van der Waals surface area contributed by atoms with Crippen molar-refractivity contribution in [2.24, 2.45) is 0 Å². The van der Waals surface area contributed by atoms with Crippen LogP contribution in [0.1, 0.15) is 54.5 Å². The molecule has 0 aliphatic rings. The van der Waals surface area contributed by atoms with Gasteiger partial charge in [0, 0.05) is 23.2 Å². The molecular formula is C24H24FN5O4. The highest BCUT2D eigenvalue weighted by Gasteiger charge is 2.21. The number of Topliss-reactive ketones (excluding diaryl/α,β-unsaturated/α-hetero) is 1. The van der Waals surface area contributed by atoms with Crippen molar-refractivity contribution in [3.63, 3.8) is 0 Å². The number of fused-ring (bicyclic) bond motifs is 3. The molecule has 0 saturated heterocycles. The molecule has 9 nitrogen and oxygen atoms in total. The number of carbonyl (C=O) groups is 2. The number of nitrogens with one attached hydrogen (secondary N) is 1. The van der Waals surface area contributed by atoms with Crippen molar-refractivity contribution >= 4 is 28.4 Å². The fraction of sp³-hybridized carbons (Fsp3) is 0.292. The lowest BCUT2D eigenvalue weighted by Crippen LogP contribution is -2.31. The van der Waals surface area contributed by atoms with E-state index in [2.05, 4.69) is 10.4 Å². The second-order valence-electron chi connectivity index (χ2n) is 8.63. The van der Waals surface area contributed by atoms with Crippen LogP contribution in [0.5, 0.6) is 0 Å². The number of amides is 1. The lowest BCUT2D eigenvalue weighted by Gasteiger charge is -2.13. The Morgan fingerprint density at radius 3 is 2.26 bits per heavy atom. The zero-order chi connectivity index (χ0) is 24.7. The van der Waals surface area contributed by atoms with E-state index in [9.17, 15) is 23.6 Å². The van der Waals surface area contributed by atoms with Crippen molar-refractivity contribution in [1.29, 1.82) is 0 Å². The second-order valence-corrected chi connectivity index (χ2v) is 8.63. The molecule has 0 spiro atoms. The highest BCUT2D eigenvalue weighted by molar-refractivity contribution is 5.98. The van der Waals surface area contributed by atoms with Crippen LogP contribution >= 0.6 is 0 Å². The van der Waals surface area contributed by atoms with E-state index in [0.717, 1.165) is 16.8 Å². The zero-order valence-electron chi connectivity index (χ0n) is 19.2. The molecule has 0 radical (unpaired) electrons. The first-order chi connectivity index (χ1) is 16.1. The predicted molar refractivity (Wildman–Crippen MR) is 125 cm³/mol. The molecule has 0 aliphatic carbocycles. The topological polar surface area (TPSA) is 107 Å². The van der Waals surface area contributed by atoms with Crippen molar-refractivity contribution in [2.75, 3.05) is 0 Å². The summed E-state index contributed by atoms with van der Waals surface area (Å²) in [5.74, 6) is -1.20. The summed E-state index contributed by atoms with van der Waals surface area (Å²) in [4.78, 5) is 51.8. The molecule has 0 unspecified atom stereocenters. The van der Waals surface area contributed by atoms with E-state index in [0.29, 0.717) is 0 Å². The summed E-state index contributed by atoms with van der Waals surface area (Å²) in [5.41, 5.74) is -0.268. The third kappa shape index (κ3) is 4.02. The van der Waals surface area contributed by atoms with Gasteiger partial charge >= 0.3 is 5.69 Å². The van der Waals surface area contributed by atoms with Crippen LogP contribution in [-0.2, 0) is 6.54 Å². The number of aromatic nitrogens is 4. The van der Waals surface area contributed by atoms with Crippen LogP contribution in [0.4, 0.5) is 4.39 Å². The van der Waals surface area contributed by atoms with Crippen molar-refractivity contribution < 1.29 is 14.0 Å². The van der Waals surface area contributed by atoms with Gasteiger partial charge < -0.3 is 5.32 Å². The number of ketones is 1. The monoisotopic (exact) mass is 465 g/mol. The van der Waals surface area contributed by atoms with E-state index in [-0.39, 0.29) is 51.4 Å². The van der Waals surface area contributed by atoms with Crippen molar-refractivity contribution in [2.45, 2.75) is 46.3 Å². The molecule has 4 aromatic rings. The Morgan fingerprint density at radius 1 is 1.00 bits per heavy atom. The van der Waals surface area contributed by atoms with E-state index in [1.54, 1.807) is 13.8 Å². The second kappa shape index (κ2) is 8.69. The Morgan fingerprint density at radius 2 is 1.65 bits per heavy atom. The lowest BCUT2D eigenvalue weighted by molar-refractivity contribution is 0.0940. The summed E-state index contributed by atoms with van der Waals surface area (Å²) in [6.07, 6.45) is 0. The lowest BCUT2D eigenvalue weighted by atomic mass is 10.1. The molecule has 0 bridgehead atoms. The van der Waals surface area contributed by atoms with Gasteiger partial charge in [0.2, 0.25) is 5.78 Å². The number of halogens is 1. The molecule has 0 saturated carbocycles. The molecule has 0 aliphatic heterocycles. The molecule has 34 heavy (non-hydrogen) atoms. The van der Waals surface area contributed by atoms with Gasteiger partial charge in [0.25, 0.3) is 11.5 Å². The number of carbonyl (C=O) groups excluding carboxylic acids is 2. The van der Waals surface area contributed by atoms with Crippen LogP contribution in [-0.4, -0.2) is 36.5 Å². The molecule has 2 aromatic carbocycles. The number of hydrogen-bond donors (Lipinski definition) is 1. The highest BCUT2D eigenvalue weighted by atomic mass is 19.1. The maximum atomic E-state index is 13.3. The Hall–Kier alpha value is -4.08. The maximum Gasteiger partial charge on any atom is 0.352 e. The van der Waals surface area contributed by atoms with Gasteiger partial charge in [-0.25, -0.2) is 18.3 Å². The molecule has 0 fully saturated rings. The van der Waals surface area contributed by atoms with E-state index in [1.807, 2.05) is 13.8 Å². The van der Waals surface area contributed by atoms with Gasteiger partial charge in [-0.1, -0.05) is 0 Å².